The van der Waals surface area contributed by atoms with Crippen LogP contribution in [0.2, 0.25) is 0 Å². The van der Waals surface area contributed by atoms with Crippen LogP contribution in [0.4, 0.5) is 4.79 Å². The van der Waals surface area contributed by atoms with Gasteiger partial charge in [-0.3, -0.25) is 0 Å². The molecule has 3 rings (SSSR count). The van der Waals surface area contributed by atoms with E-state index in [0.29, 0.717) is 0 Å². The minimum Gasteiger partial charge on any atom is -0.548 e. The molecule has 124 valence electrons. The number of carboxylic acid groups (broad SMARTS) is 1. The minimum atomic E-state index is -1.56. The maximum atomic E-state index is 11.8. The summed E-state index contributed by atoms with van der Waals surface area (Å²) in [4.78, 5) is 22.5. The number of benzene rings is 2. The standard InChI is InChI=1S/C18H17NO5/c20-9-16(17(21)22)19-18(23)24-10-15-13-7-3-1-5-11(13)12-6-2-4-8-14(12)15/h1-8,15-16,20H,9-10H2,(H,19,23)(H,21,22)/p-1/t16-/m1/s1. The lowest BCUT2D eigenvalue weighted by Gasteiger charge is -2.18. The second-order valence-electron chi connectivity index (χ2n) is 5.52. The van der Waals surface area contributed by atoms with Gasteiger partial charge in [0.25, 0.3) is 0 Å². The van der Waals surface area contributed by atoms with E-state index in [1.165, 1.54) is 0 Å². The lowest BCUT2D eigenvalue weighted by atomic mass is 9.98. The number of carbonyl (C=O) groups is 2. The summed E-state index contributed by atoms with van der Waals surface area (Å²) in [5.41, 5.74) is 4.32. The maximum Gasteiger partial charge on any atom is 0.407 e. The van der Waals surface area contributed by atoms with Crippen LogP contribution in [0.3, 0.4) is 0 Å². The summed E-state index contributed by atoms with van der Waals surface area (Å²) in [5, 5.41) is 21.7. The highest BCUT2D eigenvalue weighted by atomic mass is 16.5. The molecule has 2 aromatic rings. The van der Waals surface area contributed by atoms with Crippen molar-refractivity contribution in [3.05, 3.63) is 59.7 Å². The van der Waals surface area contributed by atoms with Crippen LogP contribution in [0.15, 0.2) is 48.5 Å². The van der Waals surface area contributed by atoms with Crippen LogP contribution in [0.25, 0.3) is 11.1 Å². The van der Waals surface area contributed by atoms with E-state index in [4.69, 9.17) is 9.84 Å². The second kappa shape index (κ2) is 6.72. The molecule has 0 aliphatic heterocycles. The summed E-state index contributed by atoms with van der Waals surface area (Å²) in [6, 6.07) is 14.3. The van der Waals surface area contributed by atoms with Crippen LogP contribution >= 0.6 is 0 Å². The van der Waals surface area contributed by atoms with Crippen LogP contribution in [0.1, 0.15) is 17.0 Å². The average Bonchev–Trinajstić information content (AvgIpc) is 2.91. The van der Waals surface area contributed by atoms with Gasteiger partial charge in [0.15, 0.2) is 0 Å². The molecule has 0 bridgehead atoms. The number of ether oxygens (including phenoxy) is 1. The maximum absolute atomic E-state index is 11.8. The van der Waals surface area contributed by atoms with Gasteiger partial charge in [0.1, 0.15) is 6.61 Å². The number of fused-ring (bicyclic) bond motifs is 3. The van der Waals surface area contributed by atoms with Crippen LogP contribution < -0.4 is 10.4 Å². The van der Waals surface area contributed by atoms with Crippen LogP contribution in [0, 0.1) is 0 Å². The highest BCUT2D eigenvalue weighted by Gasteiger charge is 2.29. The molecule has 6 nitrogen and oxygen atoms in total. The van der Waals surface area contributed by atoms with Crippen molar-refractivity contribution in [3.63, 3.8) is 0 Å². The van der Waals surface area contributed by atoms with Crippen molar-refractivity contribution in [3.8, 4) is 11.1 Å². The van der Waals surface area contributed by atoms with Gasteiger partial charge in [-0.15, -0.1) is 0 Å². The number of aliphatic hydroxyl groups is 1. The van der Waals surface area contributed by atoms with Gasteiger partial charge in [-0.05, 0) is 22.3 Å². The van der Waals surface area contributed by atoms with Gasteiger partial charge in [0, 0.05) is 5.92 Å². The van der Waals surface area contributed by atoms with Crippen LogP contribution in [-0.2, 0) is 9.53 Å². The summed E-state index contributed by atoms with van der Waals surface area (Å²) >= 11 is 0. The summed E-state index contributed by atoms with van der Waals surface area (Å²) in [6.45, 7) is -0.683. The van der Waals surface area contributed by atoms with Crippen molar-refractivity contribution in [2.75, 3.05) is 13.2 Å². The Hall–Kier alpha value is -2.86. The smallest absolute Gasteiger partial charge is 0.407 e. The van der Waals surface area contributed by atoms with E-state index in [1.807, 2.05) is 48.5 Å². The molecule has 0 spiro atoms. The second-order valence-corrected chi connectivity index (χ2v) is 5.52. The number of aliphatic carboxylic acids is 1. The first-order valence-corrected chi connectivity index (χ1v) is 7.55. The lowest BCUT2D eigenvalue weighted by molar-refractivity contribution is -0.308. The van der Waals surface area contributed by atoms with Crippen LogP contribution in [0.5, 0.6) is 0 Å². The molecule has 0 heterocycles. The van der Waals surface area contributed by atoms with E-state index in [0.717, 1.165) is 22.3 Å². The van der Waals surface area contributed by atoms with Crippen molar-refractivity contribution < 1.29 is 24.5 Å². The van der Waals surface area contributed by atoms with E-state index < -0.39 is 24.7 Å². The molecule has 1 aliphatic carbocycles. The van der Waals surface area contributed by atoms with Crippen molar-refractivity contribution in [1.29, 1.82) is 0 Å². The Morgan fingerprint density at radius 2 is 1.62 bits per heavy atom. The first kappa shape index (κ1) is 16.0. The number of hydrogen-bond acceptors (Lipinski definition) is 5. The average molecular weight is 326 g/mol. The Labute approximate surface area is 138 Å². The molecule has 1 atom stereocenters. The predicted molar refractivity (Wildman–Crippen MR) is 84.1 cm³/mol. The van der Waals surface area contributed by atoms with Gasteiger partial charge >= 0.3 is 6.09 Å². The molecule has 2 aromatic carbocycles. The van der Waals surface area contributed by atoms with Gasteiger partial charge in [-0.2, -0.15) is 0 Å². The number of carboxylic acids is 1. The first-order valence-electron chi connectivity index (χ1n) is 7.55. The number of amides is 1. The van der Waals surface area contributed by atoms with Crippen molar-refractivity contribution >= 4 is 12.1 Å². The van der Waals surface area contributed by atoms with E-state index in [1.54, 1.807) is 0 Å². The highest BCUT2D eigenvalue weighted by molar-refractivity contribution is 5.80. The molecule has 6 heteroatoms. The van der Waals surface area contributed by atoms with Gasteiger partial charge < -0.3 is 25.1 Å². The fraction of sp³-hybridized carbons (Fsp3) is 0.222. The number of hydrogen-bond donors (Lipinski definition) is 2. The molecule has 0 fully saturated rings. The Kier molecular flexibility index (Phi) is 4.48. The topological polar surface area (TPSA) is 98.7 Å². The molecular formula is C18H16NO5-. The monoisotopic (exact) mass is 326 g/mol. The van der Waals surface area contributed by atoms with Gasteiger partial charge in [-0.25, -0.2) is 4.79 Å². The Morgan fingerprint density at radius 1 is 1.08 bits per heavy atom. The largest absolute Gasteiger partial charge is 0.548 e. The Bertz CT molecular complexity index is 728. The normalized spacial score (nSPS) is 13.7. The molecule has 0 saturated heterocycles. The molecule has 0 aromatic heterocycles. The SMILES string of the molecule is O=C(N[C@H](CO)C(=O)[O-])OCC1c2ccccc2-c2ccccc21. The molecule has 1 amide bonds. The molecule has 0 unspecified atom stereocenters. The van der Waals surface area contributed by atoms with Gasteiger partial charge in [-0.1, -0.05) is 48.5 Å². The molecular weight excluding hydrogens is 310 g/mol. The van der Waals surface area contributed by atoms with Gasteiger partial charge in [0.2, 0.25) is 0 Å². The number of nitrogens with one attached hydrogen (secondary N) is 1. The highest BCUT2D eigenvalue weighted by Crippen LogP contribution is 2.44. The number of carbonyl (C=O) groups excluding carboxylic acids is 2. The Balaban J connectivity index is 1.74. The number of aliphatic hydroxyl groups excluding tert-OH is 1. The summed E-state index contributed by atoms with van der Waals surface area (Å²) in [6.07, 6.45) is -0.903. The Morgan fingerprint density at radius 3 is 2.12 bits per heavy atom. The molecule has 2 N–H and O–H groups in total. The van der Waals surface area contributed by atoms with E-state index in [9.17, 15) is 14.7 Å². The fourth-order valence-corrected chi connectivity index (χ4v) is 2.96. The third-order valence-corrected chi connectivity index (χ3v) is 4.10. The zero-order valence-corrected chi connectivity index (χ0v) is 12.8. The molecule has 0 saturated carbocycles. The fourth-order valence-electron chi connectivity index (χ4n) is 2.96. The van der Waals surface area contributed by atoms with Crippen molar-refractivity contribution in [2.24, 2.45) is 0 Å². The lowest BCUT2D eigenvalue weighted by Crippen LogP contribution is -2.50. The quantitative estimate of drug-likeness (QED) is 0.840. The number of rotatable bonds is 5. The minimum absolute atomic E-state index is 0.0745. The molecule has 1 aliphatic rings. The van der Waals surface area contributed by atoms with Crippen molar-refractivity contribution in [1.82, 2.24) is 5.32 Å². The molecule has 24 heavy (non-hydrogen) atoms. The zero-order chi connectivity index (χ0) is 17.1. The molecule has 0 radical (unpaired) electrons. The summed E-state index contributed by atoms with van der Waals surface area (Å²) < 4.78 is 5.17. The third-order valence-electron chi connectivity index (χ3n) is 4.10. The third kappa shape index (κ3) is 2.96. The van der Waals surface area contributed by atoms with Crippen LogP contribution in [-0.4, -0.2) is 36.4 Å². The van der Waals surface area contributed by atoms with E-state index in [-0.39, 0.29) is 12.5 Å². The summed E-state index contributed by atoms with van der Waals surface area (Å²) in [7, 11) is 0. The van der Waals surface area contributed by atoms with E-state index in [2.05, 4.69) is 5.32 Å². The summed E-state index contributed by atoms with van der Waals surface area (Å²) in [5.74, 6) is -1.68. The van der Waals surface area contributed by atoms with Gasteiger partial charge in [0.05, 0.1) is 18.6 Å². The first-order chi connectivity index (χ1) is 11.6. The predicted octanol–water partition coefficient (Wildman–Crippen LogP) is 0.636. The van der Waals surface area contributed by atoms with Crippen molar-refractivity contribution in [2.45, 2.75) is 12.0 Å². The number of alkyl carbamates (subject to hydrolysis) is 1. The van der Waals surface area contributed by atoms with E-state index >= 15 is 0 Å². The zero-order valence-electron chi connectivity index (χ0n) is 12.8.